The van der Waals surface area contributed by atoms with Gasteiger partial charge in [-0.1, -0.05) is 30.3 Å². The molecule has 10 heteroatoms. The number of amides is 2. The van der Waals surface area contributed by atoms with Crippen molar-refractivity contribution >= 4 is 35.5 Å². The number of hydrogen-bond acceptors (Lipinski definition) is 6. The molecule has 0 saturated heterocycles. The summed E-state index contributed by atoms with van der Waals surface area (Å²) in [5.74, 6) is -3.05. The van der Waals surface area contributed by atoms with Crippen LogP contribution in [0.25, 0.3) is 0 Å². The maximum atomic E-state index is 12.7. The van der Waals surface area contributed by atoms with E-state index in [1.807, 2.05) is 12.3 Å². The maximum absolute atomic E-state index is 12.7. The summed E-state index contributed by atoms with van der Waals surface area (Å²) in [6.45, 7) is 0. The first-order chi connectivity index (χ1) is 13.7. The van der Waals surface area contributed by atoms with Gasteiger partial charge in [-0.2, -0.15) is 11.8 Å². The third kappa shape index (κ3) is 9.44. The molecule has 0 aliphatic heterocycles. The van der Waals surface area contributed by atoms with Gasteiger partial charge in [0.05, 0.1) is 6.04 Å². The van der Waals surface area contributed by atoms with Crippen LogP contribution in [0.3, 0.4) is 0 Å². The molecule has 0 fully saturated rings. The molecule has 0 heterocycles. The van der Waals surface area contributed by atoms with E-state index in [9.17, 15) is 24.3 Å². The van der Waals surface area contributed by atoms with Crippen LogP contribution < -0.4 is 16.4 Å². The fourth-order valence-corrected chi connectivity index (χ4v) is 3.00. The molecule has 29 heavy (non-hydrogen) atoms. The molecule has 1 rings (SSSR count). The molecule has 3 atom stereocenters. The van der Waals surface area contributed by atoms with Crippen molar-refractivity contribution in [2.45, 2.75) is 43.8 Å². The van der Waals surface area contributed by atoms with Crippen LogP contribution in [0.5, 0.6) is 0 Å². The zero-order chi connectivity index (χ0) is 21.8. The molecule has 1 aromatic rings. The number of carboxylic acids is 2. The number of carbonyl (C=O) groups excluding carboxylic acids is 2. The number of carboxylic acid groups (broad SMARTS) is 2. The van der Waals surface area contributed by atoms with Gasteiger partial charge in [0.1, 0.15) is 12.1 Å². The first kappa shape index (κ1) is 24.4. The number of thioether (sulfide) groups is 1. The number of benzene rings is 1. The average Bonchev–Trinajstić information content (AvgIpc) is 2.68. The van der Waals surface area contributed by atoms with Crippen molar-refractivity contribution in [1.29, 1.82) is 0 Å². The van der Waals surface area contributed by atoms with Gasteiger partial charge in [-0.05, 0) is 30.4 Å². The lowest BCUT2D eigenvalue weighted by Gasteiger charge is -2.23. The van der Waals surface area contributed by atoms with Gasteiger partial charge in [0, 0.05) is 12.8 Å². The number of carbonyl (C=O) groups is 4. The zero-order valence-electron chi connectivity index (χ0n) is 16.2. The van der Waals surface area contributed by atoms with Crippen molar-refractivity contribution in [3.05, 3.63) is 35.9 Å². The predicted molar refractivity (Wildman–Crippen MR) is 109 cm³/mol. The van der Waals surface area contributed by atoms with E-state index in [4.69, 9.17) is 10.8 Å². The molecule has 9 nitrogen and oxygen atoms in total. The second kappa shape index (κ2) is 12.8. The smallest absolute Gasteiger partial charge is 0.326 e. The van der Waals surface area contributed by atoms with Crippen LogP contribution in [0.4, 0.5) is 0 Å². The summed E-state index contributed by atoms with van der Waals surface area (Å²) < 4.78 is 0. The summed E-state index contributed by atoms with van der Waals surface area (Å²) in [7, 11) is 0. The van der Waals surface area contributed by atoms with E-state index in [0.717, 1.165) is 5.56 Å². The minimum atomic E-state index is -1.38. The van der Waals surface area contributed by atoms with Crippen LogP contribution >= 0.6 is 11.8 Å². The molecule has 0 spiro atoms. The van der Waals surface area contributed by atoms with Crippen LogP contribution in [0.2, 0.25) is 0 Å². The summed E-state index contributed by atoms with van der Waals surface area (Å²) in [4.78, 5) is 47.1. The zero-order valence-corrected chi connectivity index (χ0v) is 17.0. The third-order valence-electron chi connectivity index (χ3n) is 4.15. The van der Waals surface area contributed by atoms with Crippen LogP contribution in [0.1, 0.15) is 24.8 Å². The Kier molecular flexibility index (Phi) is 10.8. The minimum Gasteiger partial charge on any atom is -0.481 e. The second-order valence-electron chi connectivity index (χ2n) is 6.47. The summed E-state index contributed by atoms with van der Waals surface area (Å²) in [6.07, 6.45) is 1.78. The lowest BCUT2D eigenvalue weighted by atomic mass is 10.0. The van der Waals surface area contributed by atoms with E-state index >= 15 is 0 Å². The molecular formula is C19H27N3O6S. The van der Waals surface area contributed by atoms with Crippen molar-refractivity contribution in [2.75, 3.05) is 12.0 Å². The van der Waals surface area contributed by atoms with Crippen molar-refractivity contribution < 1.29 is 29.4 Å². The van der Waals surface area contributed by atoms with Gasteiger partial charge >= 0.3 is 11.9 Å². The Hall–Kier alpha value is -2.59. The van der Waals surface area contributed by atoms with Gasteiger partial charge in [-0.25, -0.2) is 4.79 Å². The third-order valence-corrected chi connectivity index (χ3v) is 4.79. The van der Waals surface area contributed by atoms with E-state index in [2.05, 4.69) is 10.6 Å². The van der Waals surface area contributed by atoms with Crippen molar-refractivity contribution in [3.63, 3.8) is 0 Å². The Labute approximate surface area is 173 Å². The molecule has 160 valence electrons. The lowest BCUT2D eigenvalue weighted by molar-refractivity contribution is -0.143. The topological polar surface area (TPSA) is 159 Å². The van der Waals surface area contributed by atoms with E-state index in [1.165, 1.54) is 0 Å². The predicted octanol–water partition coefficient (Wildman–Crippen LogP) is 0.229. The molecule has 1 aromatic carbocycles. The van der Waals surface area contributed by atoms with Gasteiger partial charge in [-0.3, -0.25) is 14.4 Å². The molecule has 0 aliphatic rings. The number of aliphatic carboxylic acids is 2. The van der Waals surface area contributed by atoms with E-state index in [0.29, 0.717) is 12.2 Å². The normalized spacial score (nSPS) is 13.7. The fourth-order valence-electron chi connectivity index (χ4n) is 2.51. The highest BCUT2D eigenvalue weighted by Crippen LogP contribution is 2.07. The molecule has 0 bridgehead atoms. The van der Waals surface area contributed by atoms with Crippen molar-refractivity contribution in [2.24, 2.45) is 5.73 Å². The summed E-state index contributed by atoms with van der Waals surface area (Å²) in [6, 6.07) is 5.71. The number of nitrogens with two attached hydrogens (primary N) is 1. The van der Waals surface area contributed by atoms with E-state index < -0.39 is 48.3 Å². The molecule has 0 aliphatic carbocycles. The van der Waals surface area contributed by atoms with Gasteiger partial charge in [-0.15, -0.1) is 0 Å². The fraction of sp³-hybridized carbons (Fsp3) is 0.474. The Morgan fingerprint density at radius 3 is 2.17 bits per heavy atom. The number of hydrogen-bond donors (Lipinski definition) is 5. The SMILES string of the molecule is CSCCC(N)C(=O)NC(Cc1ccccc1)C(=O)NC(CCC(=O)O)C(=O)O. The summed E-state index contributed by atoms with van der Waals surface area (Å²) >= 11 is 1.54. The van der Waals surface area contributed by atoms with Crippen LogP contribution in [-0.2, 0) is 25.6 Å². The van der Waals surface area contributed by atoms with Gasteiger partial charge < -0.3 is 26.6 Å². The van der Waals surface area contributed by atoms with Crippen LogP contribution in [0.15, 0.2) is 30.3 Å². The Balaban J connectivity index is 2.90. The Bertz CT molecular complexity index is 700. The largest absolute Gasteiger partial charge is 0.481 e. The van der Waals surface area contributed by atoms with Gasteiger partial charge in [0.15, 0.2) is 0 Å². The number of nitrogens with one attached hydrogen (secondary N) is 2. The Morgan fingerprint density at radius 2 is 1.62 bits per heavy atom. The molecular weight excluding hydrogens is 398 g/mol. The monoisotopic (exact) mass is 425 g/mol. The van der Waals surface area contributed by atoms with Crippen molar-refractivity contribution in [3.8, 4) is 0 Å². The Morgan fingerprint density at radius 1 is 1.00 bits per heavy atom. The second-order valence-corrected chi connectivity index (χ2v) is 7.46. The first-order valence-corrected chi connectivity index (χ1v) is 10.5. The first-order valence-electron chi connectivity index (χ1n) is 9.08. The molecule has 0 aromatic heterocycles. The lowest BCUT2D eigenvalue weighted by Crippen LogP contribution is -2.55. The number of rotatable bonds is 13. The van der Waals surface area contributed by atoms with Crippen molar-refractivity contribution in [1.82, 2.24) is 10.6 Å². The molecule has 3 unspecified atom stereocenters. The average molecular weight is 426 g/mol. The molecule has 0 radical (unpaired) electrons. The molecule has 6 N–H and O–H groups in total. The highest BCUT2D eigenvalue weighted by atomic mass is 32.2. The van der Waals surface area contributed by atoms with E-state index in [-0.39, 0.29) is 12.8 Å². The summed E-state index contributed by atoms with van der Waals surface area (Å²) in [5.41, 5.74) is 6.63. The van der Waals surface area contributed by atoms with E-state index in [1.54, 1.807) is 36.0 Å². The van der Waals surface area contributed by atoms with Crippen LogP contribution in [-0.4, -0.2) is 64.1 Å². The quantitative estimate of drug-likeness (QED) is 0.300. The van der Waals surface area contributed by atoms with Crippen LogP contribution in [0, 0.1) is 0 Å². The molecule has 0 saturated carbocycles. The standard InChI is InChI=1S/C19H27N3O6S/c1-29-10-9-13(20)17(25)22-15(11-12-5-3-2-4-6-12)18(26)21-14(19(27)28)7-8-16(23)24/h2-6,13-15H,7-11,20H2,1H3,(H,21,26)(H,22,25)(H,23,24)(H,27,28). The van der Waals surface area contributed by atoms with Gasteiger partial charge in [0.25, 0.3) is 0 Å². The maximum Gasteiger partial charge on any atom is 0.326 e. The highest BCUT2D eigenvalue weighted by Gasteiger charge is 2.28. The summed E-state index contributed by atoms with van der Waals surface area (Å²) in [5, 5.41) is 22.9. The molecule has 2 amide bonds. The highest BCUT2D eigenvalue weighted by molar-refractivity contribution is 7.98. The van der Waals surface area contributed by atoms with Gasteiger partial charge in [0.2, 0.25) is 11.8 Å². The minimum absolute atomic E-state index is 0.138.